The maximum absolute atomic E-state index is 11.1. The number of nitrogens with zero attached hydrogens (tertiary/aromatic N) is 1. The Morgan fingerprint density at radius 2 is 2.33 bits per heavy atom. The fourth-order valence-electron chi connectivity index (χ4n) is 1.67. The van der Waals surface area contributed by atoms with Gasteiger partial charge in [0.15, 0.2) is 0 Å². The van der Waals surface area contributed by atoms with Crippen molar-refractivity contribution in [3.63, 3.8) is 0 Å². The lowest BCUT2D eigenvalue weighted by atomic mass is 10.1. The highest BCUT2D eigenvalue weighted by Gasteiger charge is 2.15. The number of rotatable bonds is 7. The molecule has 0 fully saturated rings. The highest BCUT2D eigenvalue weighted by atomic mass is 16.5. The Kier molecular flexibility index (Phi) is 5.38. The molecule has 0 aliphatic carbocycles. The predicted octanol–water partition coefficient (Wildman–Crippen LogP) is 1.37. The number of carbonyl (C=O) groups is 1. The number of carboxylic acids is 1. The highest BCUT2D eigenvalue weighted by molar-refractivity contribution is 5.94. The van der Waals surface area contributed by atoms with E-state index in [1.807, 2.05) is 6.92 Å². The minimum Gasteiger partial charge on any atom is -0.478 e. The second kappa shape index (κ2) is 6.80. The van der Waals surface area contributed by atoms with Crippen molar-refractivity contribution in [3.05, 3.63) is 17.2 Å². The molecule has 6 heteroatoms. The average Bonchev–Trinajstić information content (AvgIpc) is 2.33. The number of ether oxygens (including phenoxy) is 1. The molecular weight excluding hydrogens is 234 g/mol. The van der Waals surface area contributed by atoms with Gasteiger partial charge in [0, 0.05) is 20.3 Å². The number of anilines is 2. The molecule has 0 spiro atoms. The molecule has 100 valence electrons. The van der Waals surface area contributed by atoms with Crippen LogP contribution >= 0.6 is 0 Å². The maximum atomic E-state index is 11.1. The molecule has 0 aromatic carbocycles. The third kappa shape index (κ3) is 3.59. The van der Waals surface area contributed by atoms with E-state index in [1.165, 1.54) is 0 Å². The number of nitrogen functional groups attached to an aromatic ring is 1. The molecule has 6 nitrogen and oxygen atoms in total. The summed E-state index contributed by atoms with van der Waals surface area (Å²) in [4.78, 5) is 15.1. The van der Waals surface area contributed by atoms with E-state index in [4.69, 9.17) is 15.6 Å². The van der Waals surface area contributed by atoms with Crippen LogP contribution in [0, 0.1) is 0 Å². The van der Waals surface area contributed by atoms with Gasteiger partial charge < -0.3 is 20.9 Å². The van der Waals surface area contributed by atoms with Crippen molar-refractivity contribution in [2.24, 2.45) is 0 Å². The lowest BCUT2D eigenvalue weighted by molar-refractivity contribution is 0.0696. The Morgan fingerprint density at radius 3 is 2.89 bits per heavy atom. The SMILES string of the molecule is CCc1cc(NCCCOC)nc(N)c1C(=O)O. The molecule has 0 atom stereocenters. The summed E-state index contributed by atoms with van der Waals surface area (Å²) in [6.07, 6.45) is 1.45. The second-order valence-corrected chi connectivity index (χ2v) is 3.86. The van der Waals surface area contributed by atoms with Gasteiger partial charge in [-0.1, -0.05) is 6.92 Å². The van der Waals surface area contributed by atoms with E-state index in [0.29, 0.717) is 31.0 Å². The van der Waals surface area contributed by atoms with Crippen molar-refractivity contribution in [1.29, 1.82) is 0 Å². The van der Waals surface area contributed by atoms with E-state index in [9.17, 15) is 4.79 Å². The molecule has 18 heavy (non-hydrogen) atoms. The smallest absolute Gasteiger partial charge is 0.339 e. The quantitative estimate of drug-likeness (QED) is 0.635. The van der Waals surface area contributed by atoms with Crippen molar-refractivity contribution >= 4 is 17.6 Å². The molecule has 0 unspecified atom stereocenters. The molecule has 1 rings (SSSR count). The van der Waals surface area contributed by atoms with Crippen LogP contribution in [0.2, 0.25) is 0 Å². The van der Waals surface area contributed by atoms with Crippen molar-refractivity contribution < 1.29 is 14.6 Å². The van der Waals surface area contributed by atoms with E-state index >= 15 is 0 Å². The molecule has 0 aliphatic rings. The molecular formula is C12H19N3O3. The van der Waals surface area contributed by atoms with Crippen LogP contribution in [-0.2, 0) is 11.2 Å². The van der Waals surface area contributed by atoms with Crippen LogP contribution < -0.4 is 11.1 Å². The summed E-state index contributed by atoms with van der Waals surface area (Å²) in [6.45, 7) is 3.25. The lowest BCUT2D eigenvalue weighted by Crippen LogP contribution is -2.12. The molecule has 0 aliphatic heterocycles. The Morgan fingerprint density at radius 1 is 1.61 bits per heavy atom. The number of hydrogen-bond acceptors (Lipinski definition) is 5. The molecule has 0 radical (unpaired) electrons. The monoisotopic (exact) mass is 253 g/mol. The number of nitrogens with one attached hydrogen (secondary N) is 1. The molecule has 0 bridgehead atoms. The number of hydrogen-bond donors (Lipinski definition) is 3. The Labute approximate surface area is 106 Å². The van der Waals surface area contributed by atoms with E-state index < -0.39 is 5.97 Å². The number of aromatic nitrogens is 1. The van der Waals surface area contributed by atoms with Crippen LogP contribution in [0.4, 0.5) is 11.6 Å². The van der Waals surface area contributed by atoms with E-state index in [1.54, 1.807) is 13.2 Å². The van der Waals surface area contributed by atoms with Gasteiger partial charge in [0.2, 0.25) is 0 Å². The van der Waals surface area contributed by atoms with E-state index in [2.05, 4.69) is 10.3 Å². The van der Waals surface area contributed by atoms with Gasteiger partial charge in [-0.15, -0.1) is 0 Å². The van der Waals surface area contributed by atoms with Crippen molar-refractivity contribution in [2.75, 3.05) is 31.3 Å². The number of pyridine rings is 1. The Hall–Kier alpha value is -1.82. The van der Waals surface area contributed by atoms with Gasteiger partial charge in [-0.3, -0.25) is 0 Å². The van der Waals surface area contributed by atoms with Gasteiger partial charge in [0.05, 0.1) is 0 Å². The van der Waals surface area contributed by atoms with Crippen LogP contribution in [0.15, 0.2) is 6.07 Å². The first-order valence-electron chi connectivity index (χ1n) is 5.85. The van der Waals surface area contributed by atoms with Crippen molar-refractivity contribution in [2.45, 2.75) is 19.8 Å². The molecule has 1 aromatic rings. The molecule has 4 N–H and O–H groups in total. The number of methoxy groups -OCH3 is 1. The summed E-state index contributed by atoms with van der Waals surface area (Å²) in [5, 5.41) is 12.2. The summed E-state index contributed by atoms with van der Waals surface area (Å²) in [6, 6.07) is 1.73. The minimum absolute atomic E-state index is 0.0519. The zero-order valence-electron chi connectivity index (χ0n) is 10.7. The third-order valence-electron chi connectivity index (χ3n) is 2.56. The molecule has 1 heterocycles. The number of carboxylic acid groups (broad SMARTS) is 1. The molecule has 0 saturated carbocycles. The fourth-order valence-corrected chi connectivity index (χ4v) is 1.67. The zero-order valence-corrected chi connectivity index (χ0v) is 10.7. The summed E-state index contributed by atoms with van der Waals surface area (Å²) >= 11 is 0. The number of nitrogens with two attached hydrogens (primary N) is 1. The van der Waals surface area contributed by atoms with Crippen LogP contribution in [0.3, 0.4) is 0 Å². The van der Waals surface area contributed by atoms with E-state index in [0.717, 1.165) is 6.42 Å². The number of aromatic carboxylic acids is 1. The van der Waals surface area contributed by atoms with Crippen LogP contribution in [0.25, 0.3) is 0 Å². The predicted molar refractivity (Wildman–Crippen MR) is 70.0 cm³/mol. The topological polar surface area (TPSA) is 97.5 Å². The summed E-state index contributed by atoms with van der Waals surface area (Å²) in [5.41, 5.74) is 6.45. The lowest BCUT2D eigenvalue weighted by Gasteiger charge is -2.11. The fraction of sp³-hybridized carbons (Fsp3) is 0.500. The first-order valence-corrected chi connectivity index (χ1v) is 5.85. The summed E-state index contributed by atoms with van der Waals surface area (Å²) in [7, 11) is 1.65. The van der Waals surface area contributed by atoms with Gasteiger partial charge in [-0.25, -0.2) is 9.78 Å². The normalized spacial score (nSPS) is 10.3. The summed E-state index contributed by atoms with van der Waals surface area (Å²) < 4.78 is 4.94. The first kappa shape index (κ1) is 14.2. The first-order chi connectivity index (χ1) is 8.60. The van der Waals surface area contributed by atoms with Crippen molar-refractivity contribution in [1.82, 2.24) is 4.98 Å². The Balaban J connectivity index is 2.83. The minimum atomic E-state index is -1.04. The second-order valence-electron chi connectivity index (χ2n) is 3.86. The van der Waals surface area contributed by atoms with Gasteiger partial charge >= 0.3 is 5.97 Å². The van der Waals surface area contributed by atoms with Crippen LogP contribution in [0.1, 0.15) is 29.3 Å². The maximum Gasteiger partial charge on any atom is 0.339 e. The third-order valence-corrected chi connectivity index (χ3v) is 2.56. The number of aryl methyl sites for hydroxylation is 1. The molecule has 1 aromatic heterocycles. The van der Waals surface area contributed by atoms with Crippen LogP contribution in [-0.4, -0.2) is 36.3 Å². The van der Waals surface area contributed by atoms with Gasteiger partial charge in [0.25, 0.3) is 0 Å². The van der Waals surface area contributed by atoms with Crippen molar-refractivity contribution in [3.8, 4) is 0 Å². The Bertz CT molecular complexity index is 421. The summed E-state index contributed by atoms with van der Waals surface area (Å²) in [5.74, 6) is -0.385. The van der Waals surface area contributed by atoms with Gasteiger partial charge in [0.1, 0.15) is 17.2 Å². The average molecular weight is 253 g/mol. The van der Waals surface area contributed by atoms with E-state index in [-0.39, 0.29) is 11.4 Å². The largest absolute Gasteiger partial charge is 0.478 e. The molecule has 0 saturated heterocycles. The zero-order chi connectivity index (χ0) is 13.5. The van der Waals surface area contributed by atoms with Gasteiger partial charge in [-0.05, 0) is 24.5 Å². The highest BCUT2D eigenvalue weighted by Crippen LogP contribution is 2.20. The standard InChI is InChI=1S/C12H19N3O3/c1-3-8-7-9(14-5-4-6-18-2)15-11(13)10(8)12(16)17/h7H,3-6H2,1-2H3,(H,16,17)(H3,13,14,15). The van der Waals surface area contributed by atoms with Gasteiger partial charge in [-0.2, -0.15) is 0 Å². The molecule has 0 amide bonds. The van der Waals surface area contributed by atoms with Crippen LogP contribution in [0.5, 0.6) is 0 Å².